The number of aromatic nitrogens is 1. The van der Waals surface area contributed by atoms with Gasteiger partial charge >= 0.3 is 5.69 Å². The minimum absolute atomic E-state index is 0.273. The first kappa shape index (κ1) is 21.1. The molecule has 0 spiro atoms. The molecule has 3 aromatic rings. The van der Waals surface area contributed by atoms with Crippen LogP contribution in [0.25, 0.3) is 16.8 Å². The lowest BCUT2D eigenvalue weighted by Gasteiger charge is -2.05. The molecule has 8 heteroatoms. The highest BCUT2D eigenvalue weighted by Crippen LogP contribution is 2.27. The number of hydrogen-bond donors (Lipinski definition) is 1. The maximum absolute atomic E-state index is 13.5. The predicted molar refractivity (Wildman–Crippen MR) is 116 cm³/mol. The van der Waals surface area contributed by atoms with Crippen LogP contribution in [-0.4, -0.2) is 9.91 Å². The van der Waals surface area contributed by atoms with Crippen LogP contribution in [0.15, 0.2) is 54.0 Å². The molecule has 0 atom stereocenters. The first-order chi connectivity index (χ1) is 14.4. The van der Waals surface area contributed by atoms with E-state index in [1.807, 2.05) is 17.5 Å². The molecule has 0 saturated carbocycles. The van der Waals surface area contributed by atoms with Crippen molar-refractivity contribution in [2.75, 3.05) is 5.32 Å². The Morgan fingerprint density at radius 2 is 2.07 bits per heavy atom. The number of thiazole rings is 1. The van der Waals surface area contributed by atoms with E-state index in [0.717, 1.165) is 29.8 Å². The van der Waals surface area contributed by atoms with E-state index >= 15 is 0 Å². The Morgan fingerprint density at radius 3 is 2.70 bits per heavy atom. The Bertz CT molecular complexity index is 1130. The molecule has 3 rings (SSSR count). The first-order valence-corrected chi connectivity index (χ1v) is 10.1. The summed E-state index contributed by atoms with van der Waals surface area (Å²) in [7, 11) is 0. The fourth-order valence-corrected chi connectivity index (χ4v) is 3.65. The van der Waals surface area contributed by atoms with Crippen LogP contribution in [-0.2, 0) is 6.42 Å². The van der Waals surface area contributed by atoms with Gasteiger partial charge in [-0.25, -0.2) is 4.98 Å². The van der Waals surface area contributed by atoms with Crippen molar-refractivity contribution in [1.29, 1.82) is 5.26 Å². The average Bonchev–Trinajstić information content (AvgIpc) is 3.19. The molecule has 0 radical (unpaired) electrons. The van der Waals surface area contributed by atoms with E-state index < -0.39 is 16.4 Å². The van der Waals surface area contributed by atoms with Crippen molar-refractivity contribution in [2.45, 2.75) is 20.3 Å². The second kappa shape index (κ2) is 9.29. The van der Waals surface area contributed by atoms with Gasteiger partial charge in [-0.1, -0.05) is 38.1 Å². The molecule has 1 heterocycles. The van der Waals surface area contributed by atoms with Crippen molar-refractivity contribution in [3.63, 3.8) is 0 Å². The van der Waals surface area contributed by atoms with Gasteiger partial charge in [-0.05, 0) is 30.0 Å². The second-order valence-corrected chi connectivity index (χ2v) is 7.93. The molecular weight excluding hydrogens is 403 g/mol. The summed E-state index contributed by atoms with van der Waals surface area (Å²) in [6, 6.07) is 13.7. The van der Waals surface area contributed by atoms with Gasteiger partial charge in [0.15, 0.2) is 0 Å². The van der Waals surface area contributed by atoms with Gasteiger partial charge in [0.05, 0.1) is 10.6 Å². The van der Waals surface area contributed by atoms with E-state index in [4.69, 9.17) is 0 Å². The Labute approximate surface area is 177 Å². The number of hydrogen-bond acceptors (Lipinski definition) is 6. The van der Waals surface area contributed by atoms with E-state index in [9.17, 15) is 19.8 Å². The summed E-state index contributed by atoms with van der Waals surface area (Å²) in [4.78, 5) is 14.6. The molecule has 1 N–H and O–H groups in total. The topological polar surface area (TPSA) is 91.8 Å². The van der Waals surface area contributed by atoms with Crippen molar-refractivity contribution in [3.05, 3.63) is 80.5 Å². The first-order valence-electron chi connectivity index (χ1n) is 9.23. The Morgan fingerprint density at radius 1 is 1.33 bits per heavy atom. The van der Waals surface area contributed by atoms with Crippen LogP contribution in [0.2, 0.25) is 0 Å². The van der Waals surface area contributed by atoms with Crippen LogP contribution in [0.4, 0.5) is 15.8 Å². The van der Waals surface area contributed by atoms with E-state index in [0.29, 0.717) is 16.6 Å². The van der Waals surface area contributed by atoms with Crippen molar-refractivity contribution >= 4 is 28.3 Å². The molecule has 1 aromatic heterocycles. The number of halogens is 1. The third kappa shape index (κ3) is 5.07. The van der Waals surface area contributed by atoms with Crippen molar-refractivity contribution in [1.82, 2.24) is 4.98 Å². The number of nitriles is 1. The van der Waals surface area contributed by atoms with Gasteiger partial charge < -0.3 is 5.32 Å². The minimum atomic E-state index is -0.918. The van der Waals surface area contributed by atoms with Gasteiger partial charge in [0, 0.05) is 28.9 Å². The number of rotatable bonds is 7. The van der Waals surface area contributed by atoms with Gasteiger partial charge in [0.25, 0.3) is 0 Å². The number of nitrogens with one attached hydrogen (secondary N) is 1. The van der Waals surface area contributed by atoms with Gasteiger partial charge in [0.1, 0.15) is 16.6 Å². The summed E-state index contributed by atoms with van der Waals surface area (Å²) in [5.41, 5.74) is 2.93. The second-order valence-electron chi connectivity index (χ2n) is 7.07. The van der Waals surface area contributed by atoms with E-state index in [-0.39, 0.29) is 5.57 Å². The summed E-state index contributed by atoms with van der Waals surface area (Å²) in [5, 5.41) is 25.5. The molecule has 6 nitrogen and oxygen atoms in total. The fraction of sp³-hybridized carbons (Fsp3) is 0.182. The molecule has 0 aliphatic rings. The minimum Gasteiger partial charge on any atom is -0.360 e. The standard InChI is InChI=1S/C22H19FN4O2S/c1-14(2)9-15-3-5-16(6-4-15)20-13-30-22(26-20)17(11-24)12-25-18-7-8-19(23)21(10-18)27(28)29/h3-8,10,12-14,25H,9H2,1-2H3/b17-12+. The molecule has 0 aliphatic heterocycles. The summed E-state index contributed by atoms with van der Waals surface area (Å²) in [5.74, 6) is -0.334. The smallest absolute Gasteiger partial charge is 0.306 e. The zero-order valence-electron chi connectivity index (χ0n) is 16.4. The number of anilines is 1. The fourth-order valence-electron chi connectivity index (χ4n) is 2.85. The molecule has 0 fully saturated rings. The summed E-state index contributed by atoms with van der Waals surface area (Å²) >= 11 is 1.33. The van der Waals surface area contributed by atoms with E-state index in [1.165, 1.54) is 29.2 Å². The quantitative estimate of drug-likeness (QED) is 0.285. The number of nitro groups is 1. The molecule has 0 saturated heterocycles. The average molecular weight is 422 g/mol. The SMILES string of the molecule is CC(C)Cc1ccc(-c2csc(/C(C#N)=C/Nc3ccc(F)c([N+](=O)[O-])c3)n2)cc1. The zero-order valence-corrected chi connectivity index (χ0v) is 17.2. The largest absolute Gasteiger partial charge is 0.360 e. The van der Waals surface area contributed by atoms with Crippen LogP contribution < -0.4 is 5.32 Å². The number of benzene rings is 2. The van der Waals surface area contributed by atoms with Gasteiger partial charge in [-0.15, -0.1) is 11.3 Å². The molecule has 0 aliphatic carbocycles. The zero-order chi connectivity index (χ0) is 21.7. The normalized spacial score (nSPS) is 11.4. The third-order valence-electron chi connectivity index (χ3n) is 4.27. The molecule has 30 heavy (non-hydrogen) atoms. The highest BCUT2D eigenvalue weighted by atomic mass is 32.1. The van der Waals surface area contributed by atoms with E-state index in [2.05, 4.69) is 42.4 Å². The lowest BCUT2D eigenvalue weighted by Crippen LogP contribution is -1.96. The van der Waals surface area contributed by atoms with Crippen LogP contribution in [0.5, 0.6) is 0 Å². The lowest BCUT2D eigenvalue weighted by atomic mass is 10.0. The number of nitro benzene ring substituents is 1. The summed E-state index contributed by atoms with van der Waals surface area (Å²) in [6.07, 6.45) is 2.42. The predicted octanol–water partition coefficient (Wildman–Crippen LogP) is 6.03. The third-order valence-corrected chi connectivity index (χ3v) is 5.15. The maximum atomic E-state index is 13.5. The number of allylic oxidation sites excluding steroid dienone is 1. The van der Waals surface area contributed by atoms with Gasteiger partial charge in [0.2, 0.25) is 5.82 Å². The Balaban J connectivity index is 1.78. The van der Waals surface area contributed by atoms with Crippen molar-refractivity contribution in [3.8, 4) is 17.3 Å². The highest BCUT2D eigenvalue weighted by Gasteiger charge is 2.14. The van der Waals surface area contributed by atoms with Crippen LogP contribution in [0.3, 0.4) is 0 Å². The summed E-state index contributed by atoms with van der Waals surface area (Å²) < 4.78 is 13.5. The van der Waals surface area contributed by atoms with Gasteiger partial charge in [-0.3, -0.25) is 10.1 Å². The lowest BCUT2D eigenvalue weighted by molar-refractivity contribution is -0.387. The molecular formula is C22H19FN4O2S. The molecule has 0 unspecified atom stereocenters. The van der Waals surface area contributed by atoms with Crippen molar-refractivity contribution in [2.24, 2.45) is 5.92 Å². The van der Waals surface area contributed by atoms with Crippen LogP contribution in [0, 0.1) is 33.2 Å². The molecule has 152 valence electrons. The Kier molecular flexibility index (Phi) is 6.54. The molecule has 2 aromatic carbocycles. The maximum Gasteiger partial charge on any atom is 0.306 e. The van der Waals surface area contributed by atoms with Gasteiger partial charge in [-0.2, -0.15) is 9.65 Å². The highest BCUT2D eigenvalue weighted by molar-refractivity contribution is 7.11. The van der Waals surface area contributed by atoms with E-state index in [1.54, 1.807) is 0 Å². The monoisotopic (exact) mass is 422 g/mol. The summed E-state index contributed by atoms with van der Waals surface area (Å²) in [6.45, 7) is 4.35. The molecule has 0 amide bonds. The van der Waals surface area contributed by atoms with Crippen LogP contribution >= 0.6 is 11.3 Å². The van der Waals surface area contributed by atoms with Crippen molar-refractivity contribution < 1.29 is 9.31 Å². The Hall–Kier alpha value is -3.57. The van der Waals surface area contributed by atoms with Crippen LogP contribution in [0.1, 0.15) is 24.4 Å². The molecule has 0 bridgehead atoms. The number of nitrogens with zero attached hydrogens (tertiary/aromatic N) is 3.